The van der Waals surface area contributed by atoms with Crippen molar-refractivity contribution in [2.75, 3.05) is 18.5 Å². The third kappa shape index (κ3) is 2.74. The van der Waals surface area contributed by atoms with E-state index in [1.165, 1.54) is 24.6 Å². The normalized spacial score (nSPS) is 16.8. The highest BCUT2D eigenvalue weighted by Crippen LogP contribution is 2.21. The van der Waals surface area contributed by atoms with Crippen LogP contribution in [0.15, 0.2) is 18.2 Å². The molecular formula is C12H15FN2O2. The number of nitrogens with one attached hydrogen (secondary N) is 1. The number of carbonyl (C=O) groups is 1. The third-order valence-electron chi connectivity index (χ3n) is 2.87. The standard InChI is InChI=1S/C12H15FN2O2/c13-10-6-4-5-9(12(16)17)11(10)14-15-7-2-1-3-8-15/h4-6,14H,1-3,7-8H2,(H,16,17). The molecule has 4 nitrogen and oxygen atoms in total. The van der Waals surface area contributed by atoms with E-state index < -0.39 is 11.8 Å². The molecule has 1 saturated heterocycles. The number of aromatic carboxylic acids is 1. The maximum Gasteiger partial charge on any atom is 0.337 e. The van der Waals surface area contributed by atoms with Gasteiger partial charge in [-0.3, -0.25) is 0 Å². The molecule has 0 aliphatic carbocycles. The van der Waals surface area contributed by atoms with Gasteiger partial charge in [-0.2, -0.15) is 0 Å². The van der Waals surface area contributed by atoms with Crippen LogP contribution >= 0.6 is 0 Å². The van der Waals surface area contributed by atoms with Crippen molar-refractivity contribution in [2.24, 2.45) is 0 Å². The molecule has 92 valence electrons. The smallest absolute Gasteiger partial charge is 0.337 e. The molecule has 2 rings (SSSR count). The Bertz CT molecular complexity index is 417. The summed E-state index contributed by atoms with van der Waals surface area (Å²) in [5.74, 6) is -1.65. The highest BCUT2D eigenvalue weighted by atomic mass is 19.1. The van der Waals surface area contributed by atoms with Crippen molar-refractivity contribution in [2.45, 2.75) is 19.3 Å². The molecule has 0 radical (unpaired) electrons. The van der Waals surface area contributed by atoms with Gasteiger partial charge in [-0.05, 0) is 25.0 Å². The second-order valence-electron chi connectivity index (χ2n) is 4.13. The van der Waals surface area contributed by atoms with E-state index in [0.29, 0.717) is 0 Å². The van der Waals surface area contributed by atoms with Crippen LogP contribution in [-0.2, 0) is 0 Å². The highest BCUT2D eigenvalue weighted by Gasteiger charge is 2.17. The van der Waals surface area contributed by atoms with Crippen molar-refractivity contribution in [1.29, 1.82) is 0 Å². The van der Waals surface area contributed by atoms with Gasteiger partial charge in [0.05, 0.1) is 11.3 Å². The monoisotopic (exact) mass is 238 g/mol. The topological polar surface area (TPSA) is 52.6 Å². The quantitative estimate of drug-likeness (QED) is 0.848. The molecule has 0 unspecified atom stereocenters. The number of benzene rings is 1. The molecule has 1 aliphatic heterocycles. The third-order valence-corrected chi connectivity index (χ3v) is 2.87. The number of hydrazine groups is 1. The number of anilines is 1. The summed E-state index contributed by atoms with van der Waals surface area (Å²) < 4.78 is 13.6. The summed E-state index contributed by atoms with van der Waals surface area (Å²) in [6.45, 7) is 1.63. The van der Waals surface area contributed by atoms with Crippen LogP contribution in [0.25, 0.3) is 0 Å². The minimum Gasteiger partial charge on any atom is -0.478 e. The summed E-state index contributed by atoms with van der Waals surface area (Å²) in [4.78, 5) is 11.0. The molecule has 0 atom stereocenters. The Morgan fingerprint density at radius 2 is 2.00 bits per heavy atom. The Morgan fingerprint density at radius 1 is 1.29 bits per heavy atom. The van der Waals surface area contributed by atoms with Crippen LogP contribution in [0.3, 0.4) is 0 Å². The van der Waals surface area contributed by atoms with Crippen molar-refractivity contribution in [3.05, 3.63) is 29.6 Å². The van der Waals surface area contributed by atoms with E-state index in [-0.39, 0.29) is 11.3 Å². The Kier molecular flexibility index (Phi) is 3.58. The number of rotatable bonds is 3. The van der Waals surface area contributed by atoms with Crippen molar-refractivity contribution < 1.29 is 14.3 Å². The van der Waals surface area contributed by atoms with Gasteiger partial charge in [-0.25, -0.2) is 14.2 Å². The van der Waals surface area contributed by atoms with Crippen LogP contribution in [0, 0.1) is 5.82 Å². The number of carboxylic acid groups (broad SMARTS) is 1. The largest absolute Gasteiger partial charge is 0.478 e. The van der Waals surface area contributed by atoms with E-state index in [1.54, 1.807) is 0 Å². The summed E-state index contributed by atoms with van der Waals surface area (Å²) in [7, 11) is 0. The van der Waals surface area contributed by atoms with E-state index in [4.69, 9.17) is 5.11 Å². The van der Waals surface area contributed by atoms with Gasteiger partial charge in [0.1, 0.15) is 5.82 Å². The van der Waals surface area contributed by atoms with Crippen molar-refractivity contribution in [3.8, 4) is 0 Å². The Hall–Kier alpha value is -1.62. The fourth-order valence-corrected chi connectivity index (χ4v) is 1.98. The van der Waals surface area contributed by atoms with Gasteiger partial charge in [0.2, 0.25) is 0 Å². The summed E-state index contributed by atoms with van der Waals surface area (Å²) in [5, 5.41) is 10.9. The lowest BCUT2D eigenvalue weighted by atomic mass is 10.1. The molecular weight excluding hydrogens is 223 g/mol. The van der Waals surface area contributed by atoms with Crippen molar-refractivity contribution in [3.63, 3.8) is 0 Å². The van der Waals surface area contributed by atoms with Crippen LogP contribution in [-0.4, -0.2) is 29.2 Å². The van der Waals surface area contributed by atoms with E-state index >= 15 is 0 Å². The zero-order valence-corrected chi connectivity index (χ0v) is 9.45. The highest BCUT2D eigenvalue weighted by molar-refractivity contribution is 5.94. The number of hydrogen-bond acceptors (Lipinski definition) is 3. The van der Waals surface area contributed by atoms with Gasteiger partial charge in [-0.1, -0.05) is 12.5 Å². The molecule has 1 fully saturated rings. The van der Waals surface area contributed by atoms with Crippen LogP contribution < -0.4 is 5.43 Å². The van der Waals surface area contributed by atoms with E-state index in [0.717, 1.165) is 25.9 Å². The molecule has 1 aromatic rings. The molecule has 0 amide bonds. The Balaban J connectivity index is 2.21. The first-order valence-electron chi connectivity index (χ1n) is 5.72. The predicted molar refractivity (Wildman–Crippen MR) is 62.4 cm³/mol. The van der Waals surface area contributed by atoms with Crippen LogP contribution in [0.4, 0.5) is 10.1 Å². The maximum absolute atomic E-state index is 13.6. The summed E-state index contributed by atoms with van der Waals surface area (Å²) >= 11 is 0. The first-order valence-corrected chi connectivity index (χ1v) is 5.72. The minimum absolute atomic E-state index is 0.0319. The SMILES string of the molecule is O=C(O)c1cccc(F)c1NN1CCCCC1. The summed E-state index contributed by atoms with van der Waals surface area (Å²) in [6, 6.07) is 4.07. The average molecular weight is 238 g/mol. The molecule has 0 spiro atoms. The van der Waals surface area contributed by atoms with Crippen molar-refractivity contribution >= 4 is 11.7 Å². The molecule has 0 aromatic heterocycles. The number of carboxylic acids is 1. The van der Waals surface area contributed by atoms with Gasteiger partial charge in [0.15, 0.2) is 0 Å². The molecule has 1 aliphatic rings. The number of nitrogens with zero attached hydrogens (tertiary/aromatic N) is 1. The summed E-state index contributed by atoms with van der Waals surface area (Å²) in [5.41, 5.74) is 2.90. The lowest BCUT2D eigenvalue weighted by Crippen LogP contribution is -2.35. The van der Waals surface area contributed by atoms with Gasteiger partial charge < -0.3 is 10.5 Å². The molecule has 1 aromatic carbocycles. The molecule has 0 saturated carbocycles. The van der Waals surface area contributed by atoms with Gasteiger partial charge >= 0.3 is 5.97 Å². The van der Waals surface area contributed by atoms with Gasteiger partial charge in [-0.15, -0.1) is 0 Å². The number of hydrogen-bond donors (Lipinski definition) is 2. The Labute approximate surface area is 99.0 Å². The fourth-order valence-electron chi connectivity index (χ4n) is 1.98. The molecule has 5 heteroatoms. The zero-order valence-electron chi connectivity index (χ0n) is 9.45. The molecule has 0 bridgehead atoms. The first-order chi connectivity index (χ1) is 8.18. The van der Waals surface area contributed by atoms with Gasteiger partial charge in [0, 0.05) is 13.1 Å². The second kappa shape index (κ2) is 5.14. The van der Waals surface area contributed by atoms with Crippen LogP contribution in [0.2, 0.25) is 0 Å². The summed E-state index contributed by atoms with van der Waals surface area (Å²) in [6.07, 6.45) is 3.26. The number of halogens is 1. The minimum atomic E-state index is -1.12. The first kappa shape index (κ1) is 11.9. The number of piperidine rings is 1. The lowest BCUT2D eigenvalue weighted by Gasteiger charge is -2.28. The van der Waals surface area contributed by atoms with Crippen LogP contribution in [0.5, 0.6) is 0 Å². The predicted octanol–water partition coefficient (Wildman–Crippen LogP) is 2.34. The van der Waals surface area contributed by atoms with E-state index in [9.17, 15) is 9.18 Å². The Morgan fingerprint density at radius 3 is 2.65 bits per heavy atom. The lowest BCUT2D eigenvalue weighted by molar-refractivity contribution is 0.0697. The molecule has 2 N–H and O–H groups in total. The van der Waals surface area contributed by atoms with E-state index in [2.05, 4.69) is 5.43 Å². The number of para-hydroxylation sites is 1. The maximum atomic E-state index is 13.6. The average Bonchev–Trinajstić information content (AvgIpc) is 2.33. The van der Waals surface area contributed by atoms with Crippen molar-refractivity contribution in [1.82, 2.24) is 5.01 Å². The van der Waals surface area contributed by atoms with E-state index in [1.807, 2.05) is 5.01 Å². The zero-order chi connectivity index (χ0) is 12.3. The second-order valence-corrected chi connectivity index (χ2v) is 4.13. The fraction of sp³-hybridized carbons (Fsp3) is 0.417. The van der Waals surface area contributed by atoms with Crippen LogP contribution in [0.1, 0.15) is 29.6 Å². The molecule has 17 heavy (non-hydrogen) atoms. The van der Waals surface area contributed by atoms with Gasteiger partial charge in [0.25, 0.3) is 0 Å². The molecule has 1 heterocycles.